The average molecular weight is 295 g/mol. The van der Waals surface area contributed by atoms with E-state index in [1.807, 2.05) is 0 Å². The van der Waals surface area contributed by atoms with Gasteiger partial charge in [-0.15, -0.1) is 11.3 Å². The number of hydrogen-bond acceptors (Lipinski definition) is 4. The Morgan fingerprint density at radius 1 is 1.50 bits per heavy atom. The van der Waals surface area contributed by atoms with Crippen LogP contribution < -0.4 is 10.6 Å². The van der Waals surface area contributed by atoms with Crippen LogP contribution in [0.25, 0.3) is 0 Å². The van der Waals surface area contributed by atoms with E-state index < -0.39 is 6.03 Å². The van der Waals surface area contributed by atoms with Crippen LogP contribution in [0, 0.1) is 0 Å². The van der Waals surface area contributed by atoms with Gasteiger partial charge in [0, 0.05) is 17.5 Å². The number of amides is 3. The number of nitrogens with one attached hydrogen (secondary N) is 2. The standard InChI is InChI=1S/C14H21N3O2S/c1-14(9-11-5-3-8-20-11)6-4-7-17(14)10-12(18)16-13(19)15-2/h3,5,8H,4,6-7,9-10H2,1-2H3,(H2,15,16,18,19). The first-order chi connectivity index (χ1) is 9.53. The summed E-state index contributed by atoms with van der Waals surface area (Å²) in [5.41, 5.74) is 0.00485. The topological polar surface area (TPSA) is 61.4 Å². The number of rotatable bonds is 4. The van der Waals surface area contributed by atoms with Crippen molar-refractivity contribution in [2.24, 2.45) is 0 Å². The van der Waals surface area contributed by atoms with Gasteiger partial charge in [0.15, 0.2) is 0 Å². The van der Waals surface area contributed by atoms with Crippen molar-refractivity contribution in [3.63, 3.8) is 0 Å². The molecule has 1 fully saturated rings. The molecule has 0 aromatic carbocycles. The van der Waals surface area contributed by atoms with Crippen molar-refractivity contribution in [3.8, 4) is 0 Å². The zero-order valence-electron chi connectivity index (χ0n) is 11.9. The summed E-state index contributed by atoms with van der Waals surface area (Å²) in [6, 6.07) is 3.74. The fraction of sp³-hybridized carbons (Fsp3) is 0.571. The number of likely N-dealkylation sites (tertiary alicyclic amines) is 1. The van der Waals surface area contributed by atoms with Gasteiger partial charge in [-0.1, -0.05) is 6.07 Å². The number of urea groups is 1. The molecule has 20 heavy (non-hydrogen) atoms. The normalized spacial score (nSPS) is 22.7. The van der Waals surface area contributed by atoms with E-state index in [0.29, 0.717) is 0 Å². The van der Waals surface area contributed by atoms with Crippen LogP contribution in [-0.2, 0) is 11.2 Å². The first-order valence-corrected chi connectivity index (χ1v) is 7.70. The highest BCUT2D eigenvalue weighted by molar-refractivity contribution is 7.09. The van der Waals surface area contributed by atoms with Gasteiger partial charge >= 0.3 is 6.03 Å². The summed E-state index contributed by atoms with van der Waals surface area (Å²) in [6.07, 6.45) is 3.13. The molecule has 0 spiro atoms. The predicted octanol–water partition coefficient (Wildman–Crippen LogP) is 1.60. The van der Waals surface area contributed by atoms with Crippen LogP contribution in [0.3, 0.4) is 0 Å². The largest absolute Gasteiger partial charge is 0.341 e. The van der Waals surface area contributed by atoms with Crippen LogP contribution in [0.1, 0.15) is 24.6 Å². The molecule has 6 heteroatoms. The lowest BCUT2D eigenvalue weighted by Gasteiger charge is -2.34. The van der Waals surface area contributed by atoms with Gasteiger partial charge in [0.05, 0.1) is 6.54 Å². The maximum atomic E-state index is 11.8. The Labute approximate surface area is 123 Å². The summed E-state index contributed by atoms with van der Waals surface area (Å²) >= 11 is 1.75. The molecule has 1 unspecified atom stereocenters. The molecular formula is C14H21N3O2S. The lowest BCUT2D eigenvalue weighted by molar-refractivity contribution is -0.122. The molecule has 1 aromatic rings. The molecule has 2 N–H and O–H groups in total. The van der Waals surface area contributed by atoms with Crippen molar-refractivity contribution < 1.29 is 9.59 Å². The van der Waals surface area contributed by atoms with Crippen molar-refractivity contribution >= 4 is 23.3 Å². The van der Waals surface area contributed by atoms with E-state index in [-0.39, 0.29) is 18.0 Å². The van der Waals surface area contributed by atoms with Gasteiger partial charge in [0.25, 0.3) is 0 Å². The highest BCUT2D eigenvalue weighted by Crippen LogP contribution is 2.33. The zero-order valence-corrected chi connectivity index (χ0v) is 12.8. The SMILES string of the molecule is CNC(=O)NC(=O)CN1CCCC1(C)Cc1cccs1. The van der Waals surface area contributed by atoms with Gasteiger partial charge < -0.3 is 5.32 Å². The first kappa shape index (κ1) is 15.0. The molecule has 1 saturated heterocycles. The monoisotopic (exact) mass is 295 g/mol. The molecule has 3 amide bonds. The molecule has 1 atom stereocenters. The second-order valence-corrected chi connectivity index (χ2v) is 6.44. The van der Waals surface area contributed by atoms with Crippen LogP contribution in [0.4, 0.5) is 4.79 Å². The van der Waals surface area contributed by atoms with E-state index in [4.69, 9.17) is 0 Å². The third kappa shape index (κ3) is 3.58. The Morgan fingerprint density at radius 2 is 2.30 bits per heavy atom. The molecule has 0 aliphatic carbocycles. The molecule has 2 rings (SSSR count). The highest BCUT2D eigenvalue weighted by atomic mass is 32.1. The van der Waals surface area contributed by atoms with E-state index in [1.54, 1.807) is 11.3 Å². The molecular weight excluding hydrogens is 274 g/mol. The molecule has 1 aromatic heterocycles. The van der Waals surface area contributed by atoms with Gasteiger partial charge in [-0.3, -0.25) is 15.0 Å². The Morgan fingerprint density at radius 3 is 2.95 bits per heavy atom. The van der Waals surface area contributed by atoms with E-state index >= 15 is 0 Å². The maximum Gasteiger partial charge on any atom is 0.321 e. The lowest BCUT2D eigenvalue weighted by Crippen LogP contribution is -2.49. The average Bonchev–Trinajstić information content (AvgIpc) is 3.01. The Bertz CT molecular complexity index is 475. The summed E-state index contributed by atoms with van der Waals surface area (Å²) in [6.45, 7) is 3.38. The summed E-state index contributed by atoms with van der Waals surface area (Å²) in [5, 5.41) is 6.79. The molecule has 1 aliphatic heterocycles. The predicted molar refractivity (Wildman–Crippen MR) is 79.8 cm³/mol. The number of hydrogen-bond donors (Lipinski definition) is 2. The Kier molecular flexibility index (Phi) is 4.77. The Balaban J connectivity index is 1.96. The summed E-state index contributed by atoms with van der Waals surface area (Å²) < 4.78 is 0. The summed E-state index contributed by atoms with van der Waals surface area (Å²) in [7, 11) is 1.50. The van der Waals surface area contributed by atoms with Crippen molar-refractivity contribution in [2.75, 3.05) is 20.1 Å². The van der Waals surface area contributed by atoms with Gasteiger partial charge in [0.1, 0.15) is 0 Å². The van der Waals surface area contributed by atoms with Crippen LogP contribution in [0.2, 0.25) is 0 Å². The third-order valence-electron chi connectivity index (χ3n) is 3.86. The lowest BCUT2D eigenvalue weighted by atomic mass is 9.93. The van der Waals surface area contributed by atoms with E-state index in [1.165, 1.54) is 11.9 Å². The Hall–Kier alpha value is -1.40. The third-order valence-corrected chi connectivity index (χ3v) is 4.73. The fourth-order valence-corrected chi connectivity index (χ4v) is 3.62. The number of imide groups is 1. The minimum atomic E-state index is -0.450. The zero-order chi connectivity index (χ0) is 14.6. The highest BCUT2D eigenvalue weighted by Gasteiger charge is 2.37. The fourth-order valence-electron chi connectivity index (χ4n) is 2.74. The number of carbonyl (C=O) groups excluding carboxylic acids is 2. The molecule has 2 heterocycles. The molecule has 5 nitrogen and oxygen atoms in total. The van der Waals surface area contributed by atoms with E-state index in [0.717, 1.165) is 25.8 Å². The molecule has 0 saturated carbocycles. The first-order valence-electron chi connectivity index (χ1n) is 6.82. The smallest absolute Gasteiger partial charge is 0.321 e. The molecule has 110 valence electrons. The molecule has 0 bridgehead atoms. The summed E-state index contributed by atoms with van der Waals surface area (Å²) in [4.78, 5) is 26.5. The van der Waals surface area contributed by atoms with E-state index in [2.05, 4.69) is 40.0 Å². The summed E-state index contributed by atoms with van der Waals surface area (Å²) in [5.74, 6) is -0.247. The van der Waals surface area contributed by atoms with Crippen molar-refractivity contribution in [1.29, 1.82) is 0 Å². The molecule has 0 radical (unpaired) electrons. The molecule has 1 aliphatic rings. The van der Waals surface area contributed by atoms with Crippen LogP contribution in [0.15, 0.2) is 17.5 Å². The van der Waals surface area contributed by atoms with Crippen molar-refractivity contribution in [3.05, 3.63) is 22.4 Å². The van der Waals surface area contributed by atoms with Gasteiger partial charge in [-0.2, -0.15) is 0 Å². The van der Waals surface area contributed by atoms with Crippen LogP contribution in [-0.4, -0.2) is 42.5 Å². The minimum Gasteiger partial charge on any atom is -0.341 e. The van der Waals surface area contributed by atoms with Gasteiger partial charge in [-0.25, -0.2) is 4.79 Å². The minimum absolute atomic E-state index is 0.00485. The van der Waals surface area contributed by atoms with Gasteiger partial charge in [0.2, 0.25) is 5.91 Å². The quantitative estimate of drug-likeness (QED) is 0.887. The van der Waals surface area contributed by atoms with Crippen LogP contribution in [0.5, 0.6) is 0 Å². The van der Waals surface area contributed by atoms with Crippen LogP contribution >= 0.6 is 11.3 Å². The van der Waals surface area contributed by atoms with E-state index in [9.17, 15) is 9.59 Å². The number of nitrogens with zero attached hydrogens (tertiary/aromatic N) is 1. The maximum absolute atomic E-state index is 11.8. The van der Waals surface area contributed by atoms with Crippen molar-refractivity contribution in [2.45, 2.75) is 31.7 Å². The number of carbonyl (C=O) groups is 2. The van der Waals surface area contributed by atoms with Crippen molar-refractivity contribution in [1.82, 2.24) is 15.5 Å². The second-order valence-electron chi connectivity index (χ2n) is 5.41. The van der Waals surface area contributed by atoms with Gasteiger partial charge in [-0.05, 0) is 44.2 Å². The number of thiophene rings is 1. The second kappa shape index (κ2) is 6.37.